The lowest BCUT2D eigenvalue weighted by atomic mass is 10.2. The Morgan fingerprint density at radius 2 is 2.00 bits per heavy atom. The van der Waals surface area contributed by atoms with E-state index in [0.29, 0.717) is 6.29 Å². The number of carboxylic acid groups (broad SMARTS) is 1. The minimum atomic E-state index is -1.20. The van der Waals surface area contributed by atoms with Gasteiger partial charge in [-0.3, -0.25) is 4.90 Å². The highest BCUT2D eigenvalue weighted by Gasteiger charge is 2.26. The first-order valence-corrected chi connectivity index (χ1v) is 5.70. The smallest absolute Gasteiger partial charge is 0.411 e. The number of carbonyl (C=O) groups excluding carboxylic acids is 2. The van der Waals surface area contributed by atoms with Crippen molar-refractivity contribution in [1.82, 2.24) is 4.90 Å². The number of rotatable bonds is 6. The van der Waals surface area contributed by atoms with Gasteiger partial charge in [0.1, 0.15) is 18.9 Å². The molecule has 1 aromatic rings. The van der Waals surface area contributed by atoms with Crippen LogP contribution in [0, 0.1) is 0 Å². The maximum absolute atomic E-state index is 11.7. The largest absolute Gasteiger partial charge is 0.480 e. The molecule has 0 aliphatic heterocycles. The minimum Gasteiger partial charge on any atom is -0.480 e. The second-order valence-corrected chi connectivity index (χ2v) is 3.87. The Balaban J connectivity index is 2.62. The number of ether oxygens (including phenoxy) is 1. The van der Waals surface area contributed by atoms with E-state index in [0.717, 1.165) is 10.5 Å². The fourth-order valence-electron chi connectivity index (χ4n) is 1.41. The lowest BCUT2D eigenvalue weighted by Gasteiger charge is -2.23. The van der Waals surface area contributed by atoms with Gasteiger partial charge in [0.2, 0.25) is 0 Å². The molecule has 102 valence electrons. The highest BCUT2D eigenvalue weighted by atomic mass is 16.6. The van der Waals surface area contributed by atoms with Crippen LogP contribution in [0.3, 0.4) is 0 Å². The van der Waals surface area contributed by atoms with Crippen molar-refractivity contribution in [3.63, 3.8) is 0 Å². The van der Waals surface area contributed by atoms with Crippen LogP contribution in [0.1, 0.15) is 12.5 Å². The van der Waals surface area contributed by atoms with Crippen molar-refractivity contribution in [2.75, 3.05) is 6.54 Å². The maximum atomic E-state index is 11.7. The summed E-state index contributed by atoms with van der Waals surface area (Å²) >= 11 is 0. The predicted octanol–water partition coefficient (Wildman–Crippen LogP) is 1.30. The summed E-state index contributed by atoms with van der Waals surface area (Å²) in [6.07, 6.45) is -0.366. The first-order valence-electron chi connectivity index (χ1n) is 5.70. The minimum absolute atomic E-state index is 0.0291. The zero-order valence-electron chi connectivity index (χ0n) is 10.5. The van der Waals surface area contributed by atoms with E-state index in [4.69, 9.17) is 9.84 Å². The van der Waals surface area contributed by atoms with Crippen LogP contribution in [-0.4, -0.2) is 40.9 Å². The Hall–Kier alpha value is -2.37. The number of hydrogen-bond acceptors (Lipinski definition) is 4. The second-order valence-electron chi connectivity index (χ2n) is 3.87. The molecule has 0 spiro atoms. The van der Waals surface area contributed by atoms with Crippen LogP contribution < -0.4 is 0 Å². The third-order valence-corrected chi connectivity index (χ3v) is 2.54. The van der Waals surface area contributed by atoms with Crippen molar-refractivity contribution >= 4 is 18.3 Å². The summed E-state index contributed by atoms with van der Waals surface area (Å²) in [5.74, 6) is -1.20. The van der Waals surface area contributed by atoms with Crippen molar-refractivity contribution < 1.29 is 24.2 Å². The molecule has 0 saturated heterocycles. The molecule has 1 atom stereocenters. The quantitative estimate of drug-likeness (QED) is 0.784. The zero-order chi connectivity index (χ0) is 14.3. The van der Waals surface area contributed by atoms with Gasteiger partial charge in [0.25, 0.3) is 0 Å². The van der Waals surface area contributed by atoms with Crippen LogP contribution in [0.4, 0.5) is 4.79 Å². The van der Waals surface area contributed by atoms with Gasteiger partial charge in [0.05, 0.1) is 6.54 Å². The number of benzene rings is 1. The number of amides is 1. The summed E-state index contributed by atoms with van der Waals surface area (Å²) < 4.78 is 4.98. The lowest BCUT2D eigenvalue weighted by molar-refractivity contribution is -0.142. The van der Waals surface area contributed by atoms with Gasteiger partial charge in [-0.15, -0.1) is 0 Å². The molecule has 0 saturated carbocycles. The third kappa shape index (κ3) is 4.42. The number of aliphatic carboxylic acids is 1. The van der Waals surface area contributed by atoms with E-state index < -0.39 is 18.1 Å². The lowest BCUT2D eigenvalue weighted by Crippen LogP contribution is -2.44. The van der Waals surface area contributed by atoms with Gasteiger partial charge in [0, 0.05) is 0 Å². The molecule has 19 heavy (non-hydrogen) atoms. The van der Waals surface area contributed by atoms with Gasteiger partial charge >= 0.3 is 12.1 Å². The molecule has 6 nitrogen and oxygen atoms in total. The van der Waals surface area contributed by atoms with Crippen molar-refractivity contribution in [3.05, 3.63) is 35.9 Å². The Labute approximate surface area is 110 Å². The molecule has 1 rings (SSSR count). The topological polar surface area (TPSA) is 83.9 Å². The van der Waals surface area contributed by atoms with Gasteiger partial charge in [-0.1, -0.05) is 30.3 Å². The molecule has 0 unspecified atom stereocenters. The van der Waals surface area contributed by atoms with E-state index in [1.54, 1.807) is 24.3 Å². The number of nitrogens with zero attached hydrogens (tertiary/aromatic N) is 1. The maximum Gasteiger partial charge on any atom is 0.411 e. The van der Waals surface area contributed by atoms with Crippen LogP contribution in [0.25, 0.3) is 0 Å². The standard InChI is InChI=1S/C13H15NO5/c1-10(12(16)17)14(7-8-15)13(18)19-9-11-5-3-2-4-6-11/h2-6,8,10H,7,9H2,1H3,(H,16,17)/t10-/m0/s1. The van der Waals surface area contributed by atoms with Crippen molar-refractivity contribution in [1.29, 1.82) is 0 Å². The number of hydrogen-bond donors (Lipinski definition) is 1. The molecule has 0 aliphatic rings. The van der Waals surface area contributed by atoms with Crippen LogP contribution in [0.15, 0.2) is 30.3 Å². The zero-order valence-corrected chi connectivity index (χ0v) is 10.5. The molecule has 0 radical (unpaired) electrons. The fourth-order valence-corrected chi connectivity index (χ4v) is 1.41. The Morgan fingerprint density at radius 1 is 1.37 bits per heavy atom. The molecular weight excluding hydrogens is 250 g/mol. The van der Waals surface area contributed by atoms with Gasteiger partial charge < -0.3 is 14.6 Å². The van der Waals surface area contributed by atoms with Crippen LogP contribution in [0.5, 0.6) is 0 Å². The van der Waals surface area contributed by atoms with Crippen LogP contribution in [-0.2, 0) is 20.9 Å². The normalized spacial score (nSPS) is 11.4. The molecule has 0 heterocycles. The average molecular weight is 265 g/mol. The summed E-state index contributed by atoms with van der Waals surface area (Å²) in [7, 11) is 0. The fraction of sp³-hybridized carbons (Fsp3) is 0.308. The van der Waals surface area contributed by atoms with E-state index in [-0.39, 0.29) is 13.2 Å². The average Bonchev–Trinajstić information content (AvgIpc) is 2.42. The SMILES string of the molecule is C[C@@H](C(=O)O)N(CC=O)C(=O)OCc1ccccc1. The number of aldehydes is 1. The Kier molecular flexibility index (Phi) is 5.53. The molecule has 0 bridgehead atoms. The van der Waals surface area contributed by atoms with Gasteiger partial charge in [-0.25, -0.2) is 9.59 Å². The summed E-state index contributed by atoms with van der Waals surface area (Å²) in [6.45, 7) is 1.03. The van der Waals surface area contributed by atoms with Gasteiger partial charge in [-0.2, -0.15) is 0 Å². The highest BCUT2D eigenvalue weighted by molar-refractivity contribution is 5.81. The summed E-state index contributed by atoms with van der Waals surface area (Å²) in [6, 6.07) is 7.86. The monoisotopic (exact) mass is 265 g/mol. The van der Waals surface area contributed by atoms with E-state index in [9.17, 15) is 14.4 Å². The molecule has 1 N–H and O–H groups in total. The summed E-state index contributed by atoms with van der Waals surface area (Å²) in [5, 5.41) is 8.85. The molecule has 0 aromatic heterocycles. The highest BCUT2D eigenvalue weighted by Crippen LogP contribution is 2.06. The van der Waals surface area contributed by atoms with E-state index in [1.807, 2.05) is 6.07 Å². The molecule has 6 heteroatoms. The van der Waals surface area contributed by atoms with Gasteiger partial charge in [0.15, 0.2) is 0 Å². The van der Waals surface area contributed by atoms with E-state index in [2.05, 4.69) is 0 Å². The van der Waals surface area contributed by atoms with E-state index >= 15 is 0 Å². The van der Waals surface area contributed by atoms with E-state index in [1.165, 1.54) is 6.92 Å². The summed E-state index contributed by atoms with van der Waals surface area (Å²) in [5.41, 5.74) is 0.782. The van der Waals surface area contributed by atoms with Crippen molar-refractivity contribution in [2.45, 2.75) is 19.6 Å². The summed E-state index contributed by atoms with van der Waals surface area (Å²) in [4.78, 5) is 33.9. The second kappa shape index (κ2) is 7.15. The van der Waals surface area contributed by atoms with Crippen molar-refractivity contribution in [3.8, 4) is 0 Å². The number of carbonyl (C=O) groups is 3. The number of carboxylic acids is 1. The molecule has 1 aromatic carbocycles. The van der Waals surface area contributed by atoms with Crippen molar-refractivity contribution in [2.24, 2.45) is 0 Å². The third-order valence-electron chi connectivity index (χ3n) is 2.54. The predicted molar refractivity (Wildman–Crippen MR) is 66.5 cm³/mol. The Morgan fingerprint density at radius 3 is 2.53 bits per heavy atom. The van der Waals surface area contributed by atoms with Gasteiger partial charge in [-0.05, 0) is 12.5 Å². The van der Waals surface area contributed by atoms with Crippen LogP contribution in [0.2, 0.25) is 0 Å². The van der Waals surface area contributed by atoms with Crippen LogP contribution >= 0.6 is 0 Å². The molecule has 0 fully saturated rings. The molecular formula is C13H15NO5. The molecule has 0 aliphatic carbocycles. The first kappa shape index (κ1) is 14.7. The Bertz CT molecular complexity index is 446. The molecule has 1 amide bonds. The first-order chi connectivity index (χ1) is 9.06.